The summed E-state index contributed by atoms with van der Waals surface area (Å²) in [4.78, 5) is 0. The van der Waals surface area contributed by atoms with Crippen molar-refractivity contribution in [2.45, 2.75) is 19.6 Å². The second kappa shape index (κ2) is 4.78. The number of hydrogen-bond acceptors (Lipinski definition) is 2. The van der Waals surface area contributed by atoms with Gasteiger partial charge in [0.15, 0.2) is 0 Å². The van der Waals surface area contributed by atoms with E-state index in [1.807, 2.05) is 18.5 Å². The molecule has 1 aromatic carbocycles. The number of fused-ring (bicyclic) bond motifs is 1. The Hall–Kier alpha value is -1.26. The SMILES string of the molecule is OCc1ccn(Cc2cc(Br)cc3c2OCC3)c1. The van der Waals surface area contributed by atoms with Crippen molar-refractivity contribution in [3.63, 3.8) is 0 Å². The van der Waals surface area contributed by atoms with Crippen LogP contribution in [-0.2, 0) is 19.6 Å². The highest BCUT2D eigenvalue weighted by Gasteiger charge is 2.17. The highest BCUT2D eigenvalue weighted by Crippen LogP contribution is 2.33. The van der Waals surface area contributed by atoms with Gasteiger partial charge in [0.05, 0.1) is 19.8 Å². The fourth-order valence-electron chi connectivity index (χ4n) is 2.34. The Labute approximate surface area is 114 Å². The molecule has 0 amide bonds. The summed E-state index contributed by atoms with van der Waals surface area (Å²) in [6, 6.07) is 6.16. The number of ether oxygens (including phenoxy) is 1. The van der Waals surface area contributed by atoms with E-state index in [1.54, 1.807) is 0 Å². The monoisotopic (exact) mass is 307 g/mol. The van der Waals surface area contributed by atoms with Crippen LogP contribution in [0.2, 0.25) is 0 Å². The molecule has 0 saturated carbocycles. The Morgan fingerprint density at radius 1 is 1.39 bits per heavy atom. The van der Waals surface area contributed by atoms with Gasteiger partial charge in [-0.2, -0.15) is 0 Å². The minimum Gasteiger partial charge on any atom is -0.493 e. The van der Waals surface area contributed by atoms with E-state index in [0.29, 0.717) is 0 Å². The third kappa shape index (κ3) is 2.18. The maximum Gasteiger partial charge on any atom is 0.127 e. The number of hydrogen-bond donors (Lipinski definition) is 1. The molecular weight excluding hydrogens is 294 g/mol. The topological polar surface area (TPSA) is 34.4 Å². The number of aliphatic hydroxyl groups excluding tert-OH is 1. The third-order valence-electron chi connectivity index (χ3n) is 3.17. The number of benzene rings is 1. The standard InChI is InChI=1S/C14H14BrNO2/c15-13-5-11-2-4-18-14(11)12(6-13)8-16-3-1-10(7-16)9-17/h1,3,5-7,17H,2,4,8-9H2. The molecule has 1 aromatic heterocycles. The Morgan fingerprint density at radius 3 is 3.06 bits per heavy atom. The maximum absolute atomic E-state index is 9.07. The molecule has 0 saturated heterocycles. The van der Waals surface area contributed by atoms with Gasteiger partial charge in [-0.15, -0.1) is 0 Å². The summed E-state index contributed by atoms with van der Waals surface area (Å²) in [5, 5.41) is 9.07. The van der Waals surface area contributed by atoms with E-state index in [2.05, 4.69) is 32.6 Å². The van der Waals surface area contributed by atoms with E-state index < -0.39 is 0 Å². The smallest absolute Gasteiger partial charge is 0.127 e. The summed E-state index contributed by atoms with van der Waals surface area (Å²) in [6.07, 6.45) is 4.92. The summed E-state index contributed by atoms with van der Waals surface area (Å²) in [5.41, 5.74) is 3.38. The second-order valence-corrected chi connectivity index (χ2v) is 5.42. The zero-order valence-electron chi connectivity index (χ0n) is 9.90. The van der Waals surface area contributed by atoms with Crippen molar-refractivity contribution in [1.29, 1.82) is 0 Å². The fraction of sp³-hybridized carbons (Fsp3) is 0.286. The van der Waals surface area contributed by atoms with Gasteiger partial charge in [0.2, 0.25) is 0 Å². The van der Waals surface area contributed by atoms with Gasteiger partial charge in [-0.25, -0.2) is 0 Å². The van der Waals surface area contributed by atoms with Crippen molar-refractivity contribution in [3.8, 4) is 5.75 Å². The normalized spacial score (nSPS) is 13.4. The molecule has 3 nitrogen and oxygen atoms in total. The lowest BCUT2D eigenvalue weighted by molar-refractivity contribution is 0.281. The minimum absolute atomic E-state index is 0.0834. The molecule has 94 valence electrons. The zero-order valence-corrected chi connectivity index (χ0v) is 11.5. The average molecular weight is 308 g/mol. The van der Waals surface area contributed by atoms with Crippen LogP contribution in [0.5, 0.6) is 5.75 Å². The fourth-order valence-corrected chi connectivity index (χ4v) is 2.90. The first-order valence-corrected chi connectivity index (χ1v) is 6.75. The predicted molar refractivity (Wildman–Crippen MR) is 72.8 cm³/mol. The largest absolute Gasteiger partial charge is 0.493 e. The molecule has 1 aliphatic heterocycles. The predicted octanol–water partition coefficient (Wildman–Crippen LogP) is 2.73. The van der Waals surface area contributed by atoms with Gasteiger partial charge >= 0.3 is 0 Å². The molecule has 2 aromatic rings. The number of halogens is 1. The quantitative estimate of drug-likeness (QED) is 0.946. The molecule has 0 atom stereocenters. The van der Waals surface area contributed by atoms with Crippen LogP contribution in [0, 0.1) is 0 Å². The van der Waals surface area contributed by atoms with Crippen LogP contribution in [0.4, 0.5) is 0 Å². The number of aliphatic hydroxyl groups is 1. The molecule has 0 bridgehead atoms. The molecule has 3 rings (SSSR count). The van der Waals surface area contributed by atoms with E-state index in [4.69, 9.17) is 9.84 Å². The van der Waals surface area contributed by atoms with Crippen molar-refractivity contribution in [2.75, 3.05) is 6.61 Å². The Morgan fingerprint density at radius 2 is 2.28 bits per heavy atom. The van der Waals surface area contributed by atoms with Crippen LogP contribution >= 0.6 is 15.9 Å². The molecular formula is C14H14BrNO2. The molecule has 0 unspecified atom stereocenters. The minimum atomic E-state index is 0.0834. The lowest BCUT2D eigenvalue weighted by atomic mass is 10.1. The van der Waals surface area contributed by atoms with Crippen LogP contribution in [0.1, 0.15) is 16.7 Å². The van der Waals surface area contributed by atoms with Crippen molar-refractivity contribution < 1.29 is 9.84 Å². The lowest BCUT2D eigenvalue weighted by Crippen LogP contribution is -1.99. The summed E-state index contributed by atoms with van der Waals surface area (Å²) in [7, 11) is 0. The van der Waals surface area contributed by atoms with Crippen molar-refractivity contribution >= 4 is 15.9 Å². The van der Waals surface area contributed by atoms with Gasteiger partial charge in [0, 0.05) is 28.9 Å². The molecule has 1 N–H and O–H groups in total. The van der Waals surface area contributed by atoms with E-state index in [9.17, 15) is 0 Å². The summed E-state index contributed by atoms with van der Waals surface area (Å²) < 4.78 is 8.86. The number of rotatable bonds is 3. The van der Waals surface area contributed by atoms with Crippen molar-refractivity contribution in [2.24, 2.45) is 0 Å². The maximum atomic E-state index is 9.07. The highest BCUT2D eigenvalue weighted by molar-refractivity contribution is 9.10. The van der Waals surface area contributed by atoms with E-state index >= 15 is 0 Å². The number of aromatic nitrogens is 1. The van der Waals surface area contributed by atoms with Crippen LogP contribution in [0.3, 0.4) is 0 Å². The van der Waals surface area contributed by atoms with Crippen molar-refractivity contribution in [1.82, 2.24) is 4.57 Å². The summed E-state index contributed by atoms with van der Waals surface area (Å²) in [6.45, 7) is 1.62. The Bertz CT molecular complexity index is 577. The molecule has 2 heterocycles. The average Bonchev–Trinajstić information content (AvgIpc) is 2.97. The lowest BCUT2D eigenvalue weighted by Gasteiger charge is -2.10. The van der Waals surface area contributed by atoms with Gasteiger partial charge in [0.25, 0.3) is 0 Å². The van der Waals surface area contributed by atoms with Crippen molar-refractivity contribution in [3.05, 3.63) is 51.8 Å². The van der Waals surface area contributed by atoms with E-state index in [0.717, 1.165) is 35.4 Å². The molecule has 0 fully saturated rings. The van der Waals surface area contributed by atoms with Crippen LogP contribution in [-0.4, -0.2) is 16.3 Å². The molecule has 4 heteroatoms. The first kappa shape index (κ1) is 11.8. The van der Waals surface area contributed by atoms with Crippen LogP contribution in [0.25, 0.3) is 0 Å². The van der Waals surface area contributed by atoms with Gasteiger partial charge in [-0.3, -0.25) is 0 Å². The summed E-state index contributed by atoms with van der Waals surface area (Å²) >= 11 is 3.54. The van der Waals surface area contributed by atoms with Gasteiger partial charge in [-0.05, 0) is 29.3 Å². The highest BCUT2D eigenvalue weighted by atomic mass is 79.9. The molecule has 0 spiro atoms. The van der Waals surface area contributed by atoms with Gasteiger partial charge in [0.1, 0.15) is 5.75 Å². The molecule has 0 aliphatic carbocycles. The Kier molecular flexibility index (Phi) is 3.14. The third-order valence-corrected chi connectivity index (χ3v) is 3.63. The molecule has 1 aliphatic rings. The van der Waals surface area contributed by atoms with Crippen LogP contribution < -0.4 is 4.74 Å². The first-order valence-electron chi connectivity index (χ1n) is 5.96. The van der Waals surface area contributed by atoms with E-state index in [1.165, 1.54) is 11.1 Å². The number of nitrogens with zero attached hydrogens (tertiary/aromatic N) is 1. The van der Waals surface area contributed by atoms with Crippen LogP contribution in [0.15, 0.2) is 35.1 Å². The second-order valence-electron chi connectivity index (χ2n) is 4.50. The zero-order chi connectivity index (χ0) is 12.5. The summed E-state index contributed by atoms with van der Waals surface area (Å²) in [5.74, 6) is 1.03. The first-order chi connectivity index (χ1) is 8.76. The van der Waals surface area contributed by atoms with Gasteiger partial charge < -0.3 is 14.4 Å². The van der Waals surface area contributed by atoms with Gasteiger partial charge in [-0.1, -0.05) is 15.9 Å². The molecule has 0 radical (unpaired) electrons. The van der Waals surface area contributed by atoms with E-state index in [-0.39, 0.29) is 6.61 Å². The molecule has 18 heavy (non-hydrogen) atoms. The Balaban J connectivity index is 1.92.